The minimum atomic E-state index is 0.488. The Morgan fingerprint density at radius 3 is 3.00 bits per heavy atom. The number of nitrogens with zero attached hydrogens (tertiary/aromatic N) is 2. The van der Waals surface area contributed by atoms with Crippen LogP contribution in [0.2, 0.25) is 0 Å². The first-order valence-corrected chi connectivity index (χ1v) is 4.09. The number of alkyl halides is 1. The van der Waals surface area contributed by atoms with E-state index in [1.807, 2.05) is 6.07 Å². The highest BCUT2D eigenvalue weighted by atomic mass is 79.9. The molecule has 0 saturated heterocycles. The van der Waals surface area contributed by atoms with Crippen LogP contribution in [-0.4, -0.2) is 14.8 Å². The van der Waals surface area contributed by atoms with Gasteiger partial charge in [0.1, 0.15) is 6.33 Å². The summed E-state index contributed by atoms with van der Waals surface area (Å²) < 4.78 is 0. The van der Waals surface area contributed by atoms with Gasteiger partial charge in [0.15, 0.2) is 0 Å². The van der Waals surface area contributed by atoms with E-state index < -0.39 is 0 Å². The lowest BCUT2D eigenvalue weighted by Gasteiger charge is -1.99. The molecule has 2 nitrogen and oxygen atoms in total. The normalized spacial score (nSPS) is 13.0. The van der Waals surface area contributed by atoms with Gasteiger partial charge in [0, 0.05) is 23.1 Å². The molecule has 0 aliphatic heterocycles. The Morgan fingerprint density at radius 1 is 1.70 bits per heavy atom. The van der Waals surface area contributed by atoms with Crippen LogP contribution in [0.3, 0.4) is 0 Å². The van der Waals surface area contributed by atoms with Gasteiger partial charge in [0.2, 0.25) is 0 Å². The first-order chi connectivity index (χ1) is 4.79. The van der Waals surface area contributed by atoms with E-state index in [1.54, 1.807) is 12.5 Å². The van der Waals surface area contributed by atoms with Crippen LogP contribution in [0.4, 0.5) is 0 Å². The fourth-order valence-corrected chi connectivity index (χ4v) is 1.06. The van der Waals surface area contributed by atoms with Crippen molar-refractivity contribution < 1.29 is 0 Å². The predicted molar refractivity (Wildman–Crippen MR) is 44.1 cm³/mol. The molecule has 0 radical (unpaired) electrons. The summed E-state index contributed by atoms with van der Waals surface area (Å²) in [5, 5.41) is 0. The molecular weight excluding hydrogens is 192 g/mol. The molecule has 1 aromatic heterocycles. The molecule has 0 amide bonds. The molecule has 0 N–H and O–H groups in total. The van der Waals surface area contributed by atoms with Gasteiger partial charge in [-0.25, -0.2) is 9.97 Å². The Morgan fingerprint density at radius 2 is 2.50 bits per heavy atom. The maximum Gasteiger partial charge on any atom is 0.115 e. The van der Waals surface area contributed by atoms with Crippen LogP contribution in [0.5, 0.6) is 0 Å². The van der Waals surface area contributed by atoms with Crippen LogP contribution in [0.1, 0.15) is 12.6 Å². The standard InChI is InChI=1S/C7H9BrN2/c1-6(8)4-7-2-3-9-5-10-7/h2-3,5-6H,4H2,1H3. The Balaban J connectivity index is 2.59. The second kappa shape index (κ2) is 3.66. The molecule has 1 heterocycles. The third-order valence-corrected chi connectivity index (χ3v) is 1.46. The van der Waals surface area contributed by atoms with Gasteiger partial charge in [0.05, 0.1) is 0 Å². The van der Waals surface area contributed by atoms with Crippen molar-refractivity contribution in [1.82, 2.24) is 9.97 Å². The maximum absolute atomic E-state index is 4.08. The van der Waals surface area contributed by atoms with Crippen molar-refractivity contribution in [3.63, 3.8) is 0 Å². The summed E-state index contributed by atoms with van der Waals surface area (Å²) in [6.45, 7) is 2.10. The molecule has 0 bridgehead atoms. The fourth-order valence-electron chi connectivity index (χ4n) is 0.727. The van der Waals surface area contributed by atoms with Gasteiger partial charge in [-0.15, -0.1) is 0 Å². The highest BCUT2D eigenvalue weighted by Crippen LogP contribution is 2.04. The molecule has 10 heavy (non-hydrogen) atoms. The highest BCUT2D eigenvalue weighted by molar-refractivity contribution is 9.09. The van der Waals surface area contributed by atoms with Crippen LogP contribution in [0.25, 0.3) is 0 Å². The van der Waals surface area contributed by atoms with E-state index in [2.05, 4.69) is 32.8 Å². The maximum atomic E-state index is 4.08. The van der Waals surface area contributed by atoms with E-state index in [4.69, 9.17) is 0 Å². The van der Waals surface area contributed by atoms with Crippen LogP contribution in [0, 0.1) is 0 Å². The third kappa shape index (κ3) is 2.43. The predicted octanol–water partition coefficient (Wildman–Crippen LogP) is 1.80. The molecule has 3 heteroatoms. The van der Waals surface area contributed by atoms with Crippen LogP contribution in [-0.2, 0) is 6.42 Å². The molecule has 54 valence electrons. The number of halogens is 1. The van der Waals surface area contributed by atoms with Gasteiger partial charge < -0.3 is 0 Å². The molecule has 1 atom stereocenters. The molecule has 0 spiro atoms. The molecule has 0 aliphatic rings. The summed E-state index contributed by atoms with van der Waals surface area (Å²) in [4.78, 5) is 8.39. The average molecular weight is 201 g/mol. The van der Waals surface area contributed by atoms with E-state index in [-0.39, 0.29) is 0 Å². The first kappa shape index (κ1) is 7.66. The lowest BCUT2D eigenvalue weighted by atomic mass is 10.2. The Labute approximate surface area is 68.8 Å². The molecule has 0 aromatic carbocycles. The van der Waals surface area contributed by atoms with Crippen molar-refractivity contribution in [2.75, 3.05) is 0 Å². The molecule has 1 rings (SSSR count). The van der Waals surface area contributed by atoms with Gasteiger partial charge in [-0.3, -0.25) is 0 Å². The Hall–Kier alpha value is -0.440. The van der Waals surface area contributed by atoms with Crippen molar-refractivity contribution in [1.29, 1.82) is 0 Å². The molecule has 1 aromatic rings. The number of hydrogen-bond acceptors (Lipinski definition) is 2. The van der Waals surface area contributed by atoms with E-state index in [0.717, 1.165) is 12.1 Å². The minimum Gasteiger partial charge on any atom is -0.245 e. The van der Waals surface area contributed by atoms with Gasteiger partial charge >= 0.3 is 0 Å². The van der Waals surface area contributed by atoms with Gasteiger partial charge in [-0.2, -0.15) is 0 Å². The van der Waals surface area contributed by atoms with Gasteiger partial charge in [0.25, 0.3) is 0 Å². The zero-order chi connectivity index (χ0) is 7.40. The molecular formula is C7H9BrN2. The monoisotopic (exact) mass is 200 g/mol. The highest BCUT2D eigenvalue weighted by Gasteiger charge is 1.97. The molecule has 0 saturated carbocycles. The smallest absolute Gasteiger partial charge is 0.115 e. The van der Waals surface area contributed by atoms with Crippen molar-refractivity contribution in [3.8, 4) is 0 Å². The zero-order valence-electron chi connectivity index (χ0n) is 5.79. The van der Waals surface area contributed by atoms with E-state index in [0.29, 0.717) is 4.83 Å². The van der Waals surface area contributed by atoms with Crippen LogP contribution in [0.15, 0.2) is 18.6 Å². The summed E-state index contributed by atoms with van der Waals surface area (Å²) in [7, 11) is 0. The number of rotatable bonds is 2. The molecule has 0 fully saturated rings. The van der Waals surface area contributed by atoms with Crippen molar-refractivity contribution in [3.05, 3.63) is 24.3 Å². The number of hydrogen-bond donors (Lipinski definition) is 0. The quantitative estimate of drug-likeness (QED) is 0.682. The van der Waals surface area contributed by atoms with Crippen LogP contribution < -0.4 is 0 Å². The SMILES string of the molecule is CC(Br)Cc1ccncn1. The van der Waals surface area contributed by atoms with E-state index in [9.17, 15) is 0 Å². The summed E-state index contributed by atoms with van der Waals surface area (Å²) in [5.74, 6) is 0. The summed E-state index contributed by atoms with van der Waals surface area (Å²) in [6, 6.07) is 1.93. The topological polar surface area (TPSA) is 25.8 Å². The molecule has 1 unspecified atom stereocenters. The lowest BCUT2D eigenvalue weighted by Crippen LogP contribution is -1.98. The lowest BCUT2D eigenvalue weighted by molar-refractivity contribution is 0.901. The third-order valence-electron chi connectivity index (χ3n) is 1.13. The summed E-state index contributed by atoms with van der Waals surface area (Å²) in [5.41, 5.74) is 1.08. The zero-order valence-corrected chi connectivity index (χ0v) is 7.37. The minimum absolute atomic E-state index is 0.488. The Bertz CT molecular complexity index is 186. The van der Waals surface area contributed by atoms with Crippen molar-refractivity contribution in [2.45, 2.75) is 18.2 Å². The largest absolute Gasteiger partial charge is 0.245 e. The Kier molecular flexibility index (Phi) is 2.81. The average Bonchev–Trinajstić information content (AvgIpc) is 1.88. The van der Waals surface area contributed by atoms with Crippen molar-refractivity contribution in [2.24, 2.45) is 0 Å². The molecule has 0 aliphatic carbocycles. The van der Waals surface area contributed by atoms with Gasteiger partial charge in [-0.05, 0) is 6.07 Å². The van der Waals surface area contributed by atoms with Gasteiger partial charge in [-0.1, -0.05) is 22.9 Å². The van der Waals surface area contributed by atoms with E-state index in [1.165, 1.54) is 0 Å². The first-order valence-electron chi connectivity index (χ1n) is 3.18. The number of aromatic nitrogens is 2. The second-order valence-corrected chi connectivity index (χ2v) is 3.75. The van der Waals surface area contributed by atoms with Crippen LogP contribution >= 0.6 is 15.9 Å². The second-order valence-electron chi connectivity index (χ2n) is 2.19. The fraction of sp³-hybridized carbons (Fsp3) is 0.429. The summed E-state index contributed by atoms with van der Waals surface area (Å²) in [6.07, 6.45) is 4.30. The van der Waals surface area contributed by atoms with Crippen molar-refractivity contribution >= 4 is 15.9 Å². The van der Waals surface area contributed by atoms with E-state index >= 15 is 0 Å². The summed E-state index contributed by atoms with van der Waals surface area (Å²) >= 11 is 3.45.